The number of carbonyl (C=O) groups excluding carboxylic acids is 6. The Labute approximate surface area is 416 Å². The third-order valence-corrected chi connectivity index (χ3v) is 16.0. The zero-order valence-corrected chi connectivity index (χ0v) is 41.4. The van der Waals surface area contributed by atoms with Crippen LogP contribution < -0.4 is 5.32 Å². The summed E-state index contributed by atoms with van der Waals surface area (Å²) in [6.45, 7) is 8.99. The number of benzene rings is 4. The number of hydrogen-bond donors (Lipinski definition) is 3. The average molecular weight is 990 g/mol. The van der Waals surface area contributed by atoms with Crippen LogP contribution in [0.15, 0.2) is 131 Å². The van der Waals surface area contributed by atoms with Crippen molar-refractivity contribution in [2.45, 2.75) is 114 Å². The van der Waals surface area contributed by atoms with Crippen molar-refractivity contribution in [2.75, 3.05) is 12.9 Å². The third-order valence-electron chi connectivity index (χ3n) is 15.2. The molecule has 1 saturated heterocycles. The first-order chi connectivity index (χ1) is 33.8. The normalized spacial score (nSPS) is 29.2. The van der Waals surface area contributed by atoms with Gasteiger partial charge in [-0.05, 0) is 78.8 Å². The minimum absolute atomic E-state index is 0.101. The van der Waals surface area contributed by atoms with Crippen molar-refractivity contribution in [1.29, 1.82) is 0 Å². The second kappa shape index (κ2) is 20.1. The number of esters is 3. The Kier molecular flexibility index (Phi) is 14.4. The van der Waals surface area contributed by atoms with E-state index in [0.29, 0.717) is 22.3 Å². The van der Waals surface area contributed by atoms with Crippen LogP contribution in [0.3, 0.4) is 0 Å². The van der Waals surface area contributed by atoms with Crippen molar-refractivity contribution >= 4 is 47.5 Å². The molecule has 71 heavy (non-hydrogen) atoms. The summed E-state index contributed by atoms with van der Waals surface area (Å²) >= 11 is 1.54. The molecule has 3 N–H and O–H groups in total. The maximum Gasteiger partial charge on any atom is 0.509 e. The van der Waals surface area contributed by atoms with E-state index in [1.54, 1.807) is 137 Å². The maximum atomic E-state index is 15.5. The van der Waals surface area contributed by atoms with Gasteiger partial charge in [0.05, 0.1) is 29.6 Å². The average Bonchev–Trinajstić information content (AvgIpc) is 3.36. The lowest BCUT2D eigenvalue weighted by Gasteiger charge is -2.67. The fourth-order valence-corrected chi connectivity index (χ4v) is 11.9. The van der Waals surface area contributed by atoms with Crippen LogP contribution in [-0.4, -0.2) is 101 Å². The van der Waals surface area contributed by atoms with Gasteiger partial charge >= 0.3 is 24.1 Å². The molecule has 0 spiro atoms. The van der Waals surface area contributed by atoms with Gasteiger partial charge in [0.1, 0.15) is 42.3 Å². The first kappa shape index (κ1) is 51.0. The second-order valence-corrected chi connectivity index (χ2v) is 20.4. The van der Waals surface area contributed by atoms with Crippen LogP contribution in [0.4, 0.5) is 4.79 Å². The van der Waals surface area contributed by atoms with Crippen LogP contribution in [-0.2, 0) is 49.4 Å². The topological polar surface area (TPSA) is 210 Å². The summed E-state index contributed by atoms with van der Waals surface area (Å²) in [7, 11) is 0. The van der Waals surface area contributed by atoms with Gasteiger partial charge in [0.2, 0.25) is 6.10 Å². The van der Waals surface area contributed by atoms with Gasteiger partial charge < -0.3 is 44.0 Å². The number of ether oxygens (including phenoxy) is 6. The van der Waals surface area contributed by atoms with Crippen molar-refractivity contribution in [1.82, 2.24) is 5.32 Å². The number of thioether (sulfide) groups is 1. The maximum absolute atomic E-state index is 15.5. The lowest BCUT2D eigenvalue weighted by atomic mass is 9.43. The van der Waals surface area contributed by atoms with Crippen LogP contribution in [0.25, 0.3) is 0 Å². The largest absolute Gasteiger partial charge is 0.509 e. The number of rotatable bonds is 13. The number of nitrogens with one attached hydrogen (secondary N) is 1. The summed E-state index contributed by atoms with van der Waals surface area (Å²) in [5.74, 6) is -6.36. The molecule has 0 radical (unpaired) electrons. The van der Waals surface area contributed by atoms with Crippen LogP contribution in [0.5, 0.6) is 0 Å². The number of amides is 1. The molecule has 1 aliphatic heterocycles. The minimum Gasteiger partial charge on any atom is -0.455 e. The van der Waals surface area contributed by atoms with E-state index in [-0.39, 0.29) is 30.8 Å². The Morgan fingerprint density at radius 1 is 0.859 bits per heavy atom. The fraction of sp³-hybridized carbons (Fsp3) is 0.418. The summed E-state index contributed by atoms with van der Waals surface area (Å²) in [5, 5.41) is 28.9. The minimum atomic E-state index is -2.27. The zero-order chi connectivity index (χ0) is 51.0. The highest BCUT2D eigenvalue weighted by molar-refractivity contribution is 7.98. The highest BCUT2D eigenvalue weighted by Gasteiger charge is 2.77. The first-order valence-electron chi connectivity index (χ1n) is 23.6. The third kappa shape index (κ3) is 9.26. The summed E-state index contributed by atoms with van der Waals surface area (Å²) in [4.78, 5) is 87.0. The van der Waals surface area contributed by atoms with Crippen LogP contribution in [0.1, 0.15) is 92.3 Å². The van der Waals surface area contributed by atoms with Gasteiger partial charge in [0.15, 0.2) is 5.60 Å². The Bertz CT molecular complexity index is 2700. The van der Waals surface area contributed by atoms with Gasteiger partial charge in [0, 0.05) is 41.6 Å². The number of ketones is 1. The Morgan fingerprint density at radius 3 is 2.04 bits per heavy atom. The quantitative estimate of drug-likeness (QED) is 0.0512. The first-order valence-corrected chi connectivity index (χ1v) is 24.8. The van der Waals surface area contributed by atoms with E-state index in [0.717, 1.165) is 4.90 Å². The van der Waals surface area contributed by atoms with E-state index in [1.165, 1.54) is 19.1 Å². The monoisotopic (exact) mass is 989 g/mol. The number of hydrogen-bond acceptors (Lipinski definition) is 15. The van der Waals surface area contributed by atoms with Crippen LogP contribution in [0, 0.1) is 22.7 Å². The van der Waals surface area contributed by atoms with E-state index < -0.39 is 113 Å². The molecule has 4 aromatic carbocycles. The van der Waals surface area contributed by atoms with Crippen molar-refractivity contribution < 1.29 is 67.4 Å². The van der Waals surface area contributed by atoms with Crippen LogP contribution >= 0.6 is 11.8 Å². The highest BCUT2D eigenvalue weighted by atomic mass is 32.2. The smallest absolute Gasteiger partial charge is 0.455 e. The molecule has 3 fully saturated rings. The molecule has 11 atom stereocenters. The van der Waals surface area contributed by atoms with Crippen molar-refractivity contribution in [3.05, 3.63) is 149 Å². The van der Waals surface area contributed by atoms with E-state index in [9.17, 15) is 29.4 Å². The molecule has 8 rings (SSSR count). The van der Waals surface area contributed by atoms with Gasteiger partial charge in [-0.2, -0.15) is 0 Å². The molecule has 374 valence electrons. The van der Waals surface area contributed by atoms with Gasteiger partial charge in [-0.25, -0.2) is 14.4 Å². The standard InChI is InChI=1S/C55H59NO14S/c1-31-39(67-50(62)44(68-51(63)65-29-34-23-25-38(71-7)26-24-34)43(35-17-11-8-12-18-35)56-48(60)36-19-13-9-14-20-36)28-55(64)47(69-49(61)37-21-15-10-16-22-37)45-53(6,46(59)32(2)42(31)52(55,4)5)40(58)27-41-54(45,30-66-41)70-33(3)57/h8-26,32,39-41,43-45,47,58,64H,27-30H2,1-7H3,(H,56,60)/t32-,39?,40+,41?,43?,44-,45+,47+,53-,54+,55-/m1/s1. The van der Waals surface area contributed by atoms with Crippen molar-refractivity contribution in [2.24, 2.45) is 22.7 Å². The molecule has 1 amide bonds. The summed E-state index contributed by atoms with van der Waals surface area (Å²) < 4.78 is 36.5. The second-order valence-electron chi connectivity index (χ2n) is 19.6. The Hall–Kier alpha value is -6.33. The SMILES string of the molecule is CSc1ccc(COC(=O)O[C@@H](C(=O)OC2C[C@@]3(O)[C@@H](OC(=O)c4ccccc4)[C@H]4[C@](C)(C(=O)[C@H](C)C(=C2C)C3(C)C)[C@@H](O)CC2OC[C@]24OC(C)=O)C(NC(=O)c2ccccc2)c2ccccc2)cc1. The molecule has 2 saturated carbocycles. The van der Waals surface area contributed by atoms with Gasteiger partial charge in [-0.1, -0.05) is 99.6 Å². The van der Waals surface area contributed by atoms with Crippen LogP contribution in [0.2, 0.25) is 0 Å². The highest BCUT2D eigenvalue weighted by Crippen LogP contribution is 2.65. The summed E-state index contributed by atoms with van der Waals surface area (Å²) in [6.07, 6.45) is -7.34. The lowest BCUT2D eigenvalue weighted by Crippen LogP contribution is -2.81. The molecular formula is C55H59NO14S. The predicted molar refractivity (Wildman–Crippen MR) is 259 cm³/mol. The predicted octanol–water partition coefficient (Wildman–Crippen LogP) is 7.52. The molecule has 2 bridgehead atoms. The fourth-order valence-electron chi connectivity index (χ4n) is 11.5. The number of aliphatic hydroxyl groups is 2. The number of Topliss-reactive ketones (excluding diaryl/α,β-unsaturated/α-hetero) is 1. The van der Waals surface area contributed by atoms with Gasteiger partial charge in [-0.15, -0.1) is 11.8 Å². The number of carbonyl (C=O) groups is 6. The Balaban J connectivity index is 1.24. The van der Waals surface area contributed by atoms with Crippen molar-refractivity contribution in [3.8, 4) is 0 Å². The molecule has 0 aromatic heterocycles. The molecular weight excluding hydrogens is 931 g/mol. The Morgan fingerprint density at radius 2 is 1.46 bits per heavy atom. The summed E-state index contributed by atoms with van der Waals surface area (Å²) in [5.41, 5.74) is -5.15. The number of aliphatic hydroxyl groups excluding tert-OH is 1. The van der Waals surface area contributed by atoms with Gasteiger partial charge in [-0.3, -0.25) is 14.4 Å². The zero-order valence-electron chi connectivity index (χ0n) is 40.6. The molecule has 1 heterocycles. The lowest BCUT2D eigenvalue weighted by molar-refractivity contribution is -0.345. The van der Waals surface area contributed by atoms with Crippen molar-refractivity contribution in [3.63, 3.8) is 0 Å². The van der Waals surface area contributed by atoms with E-state index in [2.05, 4.69) is 5.32 Å². The molecule has 16 heteroatoms. The molecule has 4 aliphatic rings. The van der Waals surface area contributed by atoms with E-state index in [1.807, 2.05) is 18.4 Å². The molecule has 3 aliphatic carbocycles. The van der Waals surface area contributed by atoms with E-state index in [4.69, 9.17) is 28.4 Å². The molecule has 15 nitrogen and oxygen atoms in total. The number of fused-ring (bicyclic) bond motifs is 5. The van der Waals surface area contributed by atoms with Gasteiger partial charge in [0.25, 0.3) is 5.91 Å². The molecule has 4 aromatic rings. The molecule has 3 unspecified atom stereocenters. The summed E-state index contributed by atoms with van der Waals surface area (Å²) in [6, 6.07) is 30.5. The van der Waals surface area contributed by atoms with E-state index >= 15 is 9.59 Å².